The number of rotatable bonds is 6. The van der Waals surface area contributed by atoms with Gasteiger partial charge >= 0.3 is 0 Å². The van der Waals surface area contributed by atoms with Gasteiger partial charge in [0.05, 0.1) is 19.3 Å². The van der Waals surface area contributed by atoms with Crippen molar-refractivity contribution in [1.29, 1.82) is 0 Å². The second kappa shape index (κ2) is 11.6. The van der Waals surface area contributed by atoms with E-state index in [-0.39, 0.29) is 24.0 Å². The lowest BCUT2D eigenvalue weighted by Gasteiger charge is -2.35. The van der Waals surface area contributed by atoms with Crippen molar-refractivity contribution < 1.29 is 4.74 Å². The summed E-state index contributed by atoms with van der Waals surface area (Å²) in [6.45, 7) is 9.73. The average Bonchev–Trinajstić information content (AvgIpc) is 3.04. The molecule has 0 spiro atoms. The van der Waals surface area contributed by atoms with E-state index in [0.29, 0.717) is 12.6 Å². The fourth-order valence-electron chi connectivity index (χ4n) is 3.40. The summed E-state index contributed by atoms with van der Waals surface area (Å²) in [5, 5.41) is 8.06. The van der Waals surface area contributed by atoms with Gasteiger partial charge in [0, 0.05) is 42.3 Å². The summed E-state index contributed by atoms with van der Waals surface area (Å²) in [6, 6.07) is 8.65. The number of hydrogen-bond donors (Lipinski definition) is 2. The van der Waals surface area contributed by atoms with Crippen LogP contribution >= 0.6 is 35.3 Å². The van der Waals surface area contributed by atoms with Gasteiger partial charge in [0.15, 0.2) is 5.96 Å². The summed E-state index contributed by atoms with van der Waals surface area (Å²) in [4.78, 5) is 13.0. The number of benzene rings is 1. The van der Waals surface area contributed by atoms with Crippen molar-refractivity contribution in [2.24, 2.45) is 4.99 Å². The molecule has 0 aliphatic carbocycles. The van der Waals surface area contributed by atoms with Crippen molar-refractivity contribution in [2.45, 2.75) is 46.2 Å². The molecule has 1 unspecified atom stereocenters. The lowest BCUT2D eigenvalue weighted by atomic mass is 10.0. The fourth-order valence-corrected chi connectivity index (χ4v) is 4.26. The van der Waals surface area contributed by atoms with E-state index < -0.39 is 0 Å². The molecule has 1 saturated heterocycles. The Morgan fingerprint density at radius 1 is 1.38 bits per heavy atom. The molecule has 1 fully saturated rings. The van der Waals surface area contributed by atoms with Crippen LogP contribution in [0.5, 0.6) is 5.75 Å². The van der Waals surface area contributed by atoms with E-state index in [1.165, 1.54) is 10.6 Å². The Bertz CT molecular complexity index is 791. The minimum Gasteiger partial charge on any atom is -0.497 e. The van der Waals surface area contributed by atoms with Gasteiger partial charge in [0.25, 0.3) is 0 Å². The minimum atomic E-state index is 0. The smallest absolute Gasteiger partial charge is 0.191 e. The fraction of sp³-hybridized carbons (Fsp3) is 0.524. The van der Waals surface area contributed by atoms with E-state index in [9.17, 15) is 0 Å². The maximum atomic E-state index is 5.38. The highest BCUT2D eigenvalue weighted by Crippen LogP contribution is 2.24. The second-order valence-electron chi connectivity index (χ2n) is 7.08. The van der Waals surface area contributed by atoms with Crippen molar-refractivity contribution in [3.8, 4) is 5.75 Å². The molecular weight excluding hydrogens is 497 g/mol. The first-order valence-corrected chi connectivity index (χ1v) is 10.8. The molecule has 160 valence electrons. The number of thiazole rings is 1. The molecule has 0 bridgehead atoms. The third-order valence-electron chi connectivity index (χ3n) is 4.97. The monoisotopic (exact) mass is 529 g/mol. The highest BCUT2D eigenvalue weighted by atomic mass is 127. The Morgan fingerprint density at radius 2 is 2.21 bits per heavy atom. The van der Waals surface area contributed by atoms with Gasteiger partial charge in [0.2, 0.25) is 0 Å². The van der Waals surface area contributed by atoms with Gasteiger partial charge in [0.1, 0.15) is 10.8 Å². The molecule has 6 nitrogen and oxygen atoms in total. The molecule has 0 amide bonds. The van der Waals surface area contributed by atoms with Gasteiger partial charge in [-0.05, 0) is 45.7 Å². The lowest BCUT2D eigenvalue weighted by Crippen LogP contribution is -2.51. The van der Waals surface area contributed by atoms with Crippen LogP contribution in [0.3, 0.4) is 0 Å². The van der Waals surface area contributed by atoms with E-state index in [1.54, 1.807) is 18.4 Å². The number of ether oxygens (including phenoxy) is 1. The zero-order valence-electron chi connectivity index (χ0n) is 17.7. The Kier molecular flexibility index (Phi) is 9.48. The Labute approximate surface area is 195 Å². The van der Waals surface area contributed by atoms with Gasteiger partial charge in [-0.2, -0.15) is 0 Å². The van der Waals surface area contributed by atoms with Crippen molar-refractivity contribution in [1.82, 2.24) is 15.6 Å². The van der Waals surface area contributed by atoms with Crippen LogP contribution in [0.15, 0.2) is 29.3 Å². The number of nitrogens with zero attached hydrogens (tertiary/aromatic N) is 3. The zero-order chi connectivity index (χ0) is 19.9. The van der Waals surface area contributed by atoms with Gasteiger partial charge < -0.3 is 20.3 Å². The topological polar surface area (TPSA) is 61.8 Å². The number of hydrogen-bond acceptors (Lipinski definition) is 5. The molecule has 3 rings (SSSR count). The predicted molar refractivity (Wildman–Crippen MR) is 133 cm³/mol. The highest BCUT2D eigenvalue weighted by Gasteiger charge is 2.21. The molecule has 1 aliphatic rings. The molecule has 1 aromatic heterocycles. The van der Waals surface area contributed by atoms with Gasteiger partial charge in [-0.25, -0.2) is 9.98 Å². The van der Waals surface area contributed by atoms with Crippen molar-refractivity contribution in [3.63, 3.8) is 0 Å². The molecule has 2 aromatic rings. The summed E-state index contributed by atoms with van der Waals surface area (Å²) in [6.07, 6.45) is 2.29. The van der Waals surface area contributed by atoms with Crippen LogP contribution in [0.2, 0.25) is 0 Å². The molecule has 1 atom stereocenters. The van der Waals surface area contributed by atoms with Crippen LogP contribution in [0, 0.1) is 13.8 Å². The summed E-state index contributed by atoms with van der Waals surface area (Å²) in [5.41, 5.74) is 2.32. The van der Waals surface area contributed by atoms with E-state index in [2.05, 4.69) is 59.5 Å². The molecule has 0 radical (unpaired) electrons. The summed E-state index contributed by atoms with van der Waals surface area (Å²) in [5.74, 6) is 1.77. The SMILES string of the molecule is CCNC(=NCc1nc(C)c(C)s1)NC1CCCN(c2cccc(OC)c2)C1.I. The molecule has 2 heterocycles. The molecule has 0 saturated carbocycles. The first-order chi connectivity index (χ1) is 13.6. The third kappa shape index (κ3) is 6.74. The second-order valence-corrected chi connectivity index (χ2v) is 8.36. The quantitative estimate of drug-likeness (QED) is 0.335. The largest absolute Gasteiger partial charge is 0.497 e. The molecule has 1 aromatic carbocycles. The van der Waals surface area contributed by atoms with Crippen LogP contribution < -0.4 is 20.3 Å². The molecule has 2 N–H and O–H groups in total. The number of aliphatic imine (C=N–C) groups is 1. The van der Waals surface area contributed by atoms with Crippen LogP contribution in [0.1, 0.15) is 35.3 Å². The first-order valence-electron chi connectivity index (χ1n) is 9.95. The van der Waals surface area contributed by atoms with Crippen LogP contribution in [0.4, 0.5) is 5.69 Å². The van der Waals surface area contributed by atoms with Crippen LogP contribution in [0.25, 0.3) is 0 Å². The van der Waals surface area contributed by atoms with E-state index >= 15 is 0 Å². The molecule has 29 heavy (non-hydrogen) atoms. The lowest BCUT2D eigenvalue weighted by molar-refractivity contribution is 0.414. The summed E-state index contributed by atoms with van der Waals surface area (Å²) in [7, 11) is 1.71. The minimum absolute atomic E-state index is 0. The summed E-state index contributed by atoms with van der Waals surface area (Å²) < 4.78 is 5.38. The Balaban J connectivity index is 0.00000300. The standard InChI is InChI=1S/C21H31N5OS.HI/c1-5-22-21(23-13-20-24-15(2)16(3)28-20)25-17-8-7-11-26(14-17)18-9-6-10-19(12-18)27-4;/h6,9-10,12,17H,5,7-8,11,13-14H2,1-4H3,(H2,22,23,25);1H. The number of aromatic nitrogens is 1. The molecule has 1 aliphatic heterocycles. The van der Waals surface area contributed by atoms with Gasteiger partial charge in [-0.3, -0.25) is 0 Å². The number of aryl methyl sites for hydroxylation is 2. The third-order valence-corrected chi connectivity index (χ3v) is 6.03. The average molecular weight is 529 g/mol. The van der Waals surface area contributed by atoms with Crippen LogP contribution in [-0.2, 0) is 6.54 Å². The normalized spacial score (nSPS) is 16.9. The number of guanidine groups is 1. The van der Waals surface area contributed by atoms with Crippen molar-refractivity contribution in [3.05, 3.63) is 39.8 Å². The summed E-state index contributed by atoms with van der Waals surface area (Å²) >= 11 is 1.73. The number of nitrogens with one attached hydrogen (secondary N) is 2. The zero-order valence-corrected chi connectivity index (χ0v) is 20.8. The van der Waals surface area contributed by atoms with Crippen molar-refractivity contribution in [2.75, 3.05) is 31.6 Å². The van der Waals surface area contributed by atoms with E-state index in [0.717, 1.165) is 54.9 Å². The number of anilines is 1. The Hall–Kier alpha value is -1.55. The molecule has 8 heteroatoms. The molecular formula is C21H32IN5OS. The first kappa shape index (κ1) is 23.7. The maximum absolute atomic E-state index is 5.38. The van der Waals surface area contributed by atoms with Gasteiger partial charge in [-0.1, -0.05) is 6.07 Å². The number of halogens is 1. The highest BCUT2D eigenvalue weighted by molar-refractivity contribution is 14.0. The van der Waals surface area contributed by atoms with Crippen molar-refractivity contribution >= 4 is 47.0 Å². The Morgan fingerprint density at radius 3 is 2.90 bits per heavy atom. The van der Waals surface area contributed by atoms with E-state index in [1.807, 2.05) is 6.07 Å². The predicted octanol–water partition coefficient (Wildman–Crippen LogP) is 4.11. The maximum Gasteiger partial charge on any atom is 0.191 e. The van der Waals surface area contributed by atoms with Gasteiger partial charge in [-0.15, -0.1) is 35.3 Å². The number of methoxy groups -OCH3 is 1. The van der Waals surface area contributed by atoms with Crippen LogP contribution in [-0.4, -0.2) is 43.7 Å². The van der Waals surface area contributed by atoms with E-state index in [4.69, 9.17) is 9.73 Å². The number of piperidine rings is 1.